The molecule has 2 fully saturated rings. The van der Waals surface area contributed by atoms with E-state index in [-0.39, 0.29) is 18.1 Å². The van der Waals surface area contributed by atoms with Crippen LogP contribution in [-0.4, -0.2) is 51.6 Å². The second kappa shape index (κ2) is 4.69. The van der Waals surface area contributed by atoms with E-state index in [4.69, 9.17) is 0 Å². The van der Waals surface area contributed by atoms with Gasteiger partial charge in [-0.15, -0.1) is 0 Å². The summed E-state index contributed by atoms with van der Waals surface area (Å²) in [6.07, 6.45) is 1.07. The molecule has 0 bridgehead atoms. The molecule has 0 saturated carbocycles. The number of amides is 4. The highest BCUT2D eigenvalue weighted by Crippen LogP contribution is 2.25. The van der Waals surface area contributed by atoms with Gasteiger partial charge in [0, 0.05) is 12.6 Å². The van der Waals surface area contributed by atoms with Crippen LogP contribution in [0.2, 0.25) is 0 Å². The van der Waals surface area contributed by atoms with Crippen LogP contribution in [0.15, 0.2) is 16.9 Å². The number of urea groups is 1. The number of carbonyl (C=O) groups is 3. The summed E-state index contributed by atoms with van der Waals surface area (Å²) < 4.78 is 0. The number of piperidine rings is 1. The average molecular weight is 291 g/mol. The number of imide groups is 1. The molecule has 3 N–H and O–H groups in total. The van der Waals surface area contributed by atoms with Gasteiger partial charge in [0.05, 0.1) is 6.54 Å². The minimum Gasteiger partial charge on any atom is -0.334 e. The summed E-state index contributed by atoms with van der Waals surface area (Å²) in [5.41, 5.74) is -1.37. The van der Waals surface area contributed by atoms with Crippen LogP contribution >= 0.6 is 0 Å². The Morgan fingerprint density at radius 3 is 2.71 bits per heavy atom. The molecule has 21 heavy (non-hydrogen) atoms. The number of nitrogens with one attached hydrogen (secondary N) is 3. The Morgan fingerprint density at radius 2 is 2.10 bits per heavy atom. The van der Waals surface area contributed by atoms with E-state index in [1.54, 1.807) is 0 Å². The standard InChI is InChI=1S/C12H13N5O4/c18-8-3-2-7(15-16-8)9(19)17-5-1-4-12(6-17)10(20)13-11(21)14-12/h2-3H,1,4-6H2,(H,16,18)(H2,13,14,20,21). The minimum absolute atomic E-state index is 0.0875. The number of likely N-dealkylation sites (tertiary alicyclic amines) is 1. The summed E-state index contributed by atoms with van der Waals surface area (Å²) in [6, 6.07) is 2.00. The van der Waals surface area contributed by atoms with E-state index < -0.39 is 23.0 Å². The van der Waals surface area contributed by atoms with Gasteiger partial charge < -0.3 is 10.2 Å². The molecule has 3 heterocycles. The Kier molecular flexibility index (Phi) is 2.96. The minimum atomic E-state index is -1.06. The molecule has 2 saturated heterocycles. The fourth-order valence-corrected chi connectivity index (χ4v) is 2.67. The lowest BCUT2D eigenvalue weighted by Gasteiger charge is -2.37. The van der Waals surface area contributed by atoms with Crippen LogP contribution in [-0.2, 0) is 4.79 Å². The molecule has 1 aromatic heterocycles. The van der Waals surface area contributed by atoms with E-state index in [2.05, 4.69) is 20.8 Å². The first kappa shape index (κ1) is 13.3. The second-order valence-corrected chi connectivity index (χ2v) is 5.13. The zero-order chi connectivity index (χ0) is 15.0. The number of rotatable bonds is 1. The summed E-state index contributed by atoms with van der Waals surface area (Å²) in [6.45, 7) is 0.550. The van der Waals surface area contributed by atoms with Gasteiger partial charge in [-0.2, -0.15) is 5.10 Å². The lowest BCUT2D eigenvalue weighted by Crippen LogP contribution is -2.59. The van der Waals surface area contributed by atoms with E-state index in [1.165, 1.54) is 17.0 Å². The number of hydrogen-bond donors (Lipinski definition) is 3. The van der Waals surface area contributed by atoms with Crippen LogP contribution < -0.4 is 16.2 Å². The van der Waals surface area contributed by atoms with Crippen molar-refractivity contribution < 1.29 is 14.4 Å². The molecule has 3 rings (SSSR count). The molecule has 0 radical (unpaired) electrons. The average Bonchev–Trinajstić information content (AvgIpc) is 2.73. The second-order valence-electron chi connectivity index (χ2n) is 5.13. The molecule has 9 heteroatoms. The first-order valence-electron chi connectivity index (χ1n) is 6.49. The number of aromatic nitrogens is 2. The van der Waals surface area contributed by atoms with Crippen molar-refractivity contribution in [2.45, 2.75) is 18.4 Å². The van der Waals surface area contributed by atoms with Gasteiger partial charge in [-0.3, -0.25) is 19.7 Å². The summed E-state index contributed by atoms with van der Waals surface area (Å²) >= 11 is 0. The summed E-state index contributed by atoms with van der Waals surface area (Å²) in [5.74, 6) is -0.807. The quantitative estimate of drug-likeness (QED) is 0.548. The first-order valence-corrected chi connectivity index (χ1v) is 6.49. The molecule has 9 nitrogen and oxygen atoms in total. The normalized spacial score (nSPS) is 24.9. The first-order chi connectivity index (χ1) is 10.00. The van der Waals surface area contributed by atoms with Crippen LogP contribution in [0.4, 0.5) is 4.79 Å². The van der Waals surface area contributed by atoms with Crippen LogP contribution in [0.5, 0.6) is 0 Å². The van der Waals surface area contributed by atoms with Crippen LogP contribution in [0.1, 0.15) is 23.3 Å². The summed E-state index contributed by atoms with van der Waals surface area (Å²) in [7, 11) is 0. The van der Waals surface area contributed by atoms with Crippen molar-refractivity contribution in [3.8, 4) is 0 Å². The predicted molar refractivity (Wildman–Crippen MR) is 69.4 cm³/mol. The van der Waals surface area contributed by atoms with Gasteiger partial charge in [-0.25, -0.2) is 9.89 Å². The third-order valence-corrected chi connectivity index (χ3v) is 3.69. The largest absolute Gasteiger partial charge is 0.334 e. The fourth-order valence-electron chi connectivity index (χ4n) is 2.67. The maximum Gasteiger partial charge on any atom is 0.322 e. The Labute approximate surface area is 118 Å². The molecule has 2 aliphatic heterocycles. The van der Waals surface area contributed by atoms with E-state index >= 15 is 0 Å². The zero-order valence-electron chi connectivity index (χ0n) is 11.0. The van der Waals surface area contributed by atoms with E-state index in [9.17, 15) is 19.2 Å². The van der Waals surface area contributed by atoms with Crippen molar-refractivity contribution in [3.63, 3.8) is 0 Å². The number of hydrogen-bond acceptors (Lipinski definition) is 5. The number of carbonyl (C=O) groups excluding carboxylic acids is 3. The van der Waals surface area contributed by atoms with Gasteiger partial charge in [-0.1, -0.05) is 0 Å². The van der Waals surface area contributed by atoms with Gasteiger partial charge in [0.25, 0.3) is 17.4 Å². The van der Waals surface area contributed by atoms with Crippen molar-refractivity contribution in [3.05, 3.63) is 28.2 Å². The van der Waals surface area contributed by atoms with E-state index in [0.717, 1.165) is 0 Å². The van der Waals surface area contributed by atoms with Crippen LogP contribution in [0, 0.1) is 0 Å². The number of nitrogens with zero attached hydrogens (tertiary/aromatic N) is 2. The van der Waals surface area contributed by atoms with Gasteiger partial charge in [-0.05, 0) is 18.9 Å². The number of aromatic amines is 1. The van der Waals surface area contributed by atoms with Crippen molar-refractivity contribution in [1.29, 1.82) is 0 Å². The molecule has 1 unspecified atom stereocenters. The Balaban J connectivity index is 1.81. The van der Waals surface area contributed by atoms with Gasteiger partial charge >= 0.3 is 6.03 Å². The van der Waals surface area contributed by atoms with Gasteiger partial charge in [0.15, 0.2) is 0 Å². The smallest absolute Gasteiger partial charge is 0.322 e. The predicted octanol–water partition coefficient (Wildman–Crippen LogP) is -1.42. The highest BCUT2D eigenvalue weighted by molar-refractivity contribution is 6.07. The van der Waals surface area contributed by atoms with Crippen LogP contribution in [0.3, 0.4) is 0 Å². The Bertz CT molecular complexity index is 664. The molecule has 2 aliphatic rings. The molecule has 4 amide bonds. The molecular formula is C12H13N5O4. The van der Waals surface area contributed by atoms with Gasteiger partial charge in [0.1, 0.15) is 11.2 Å². The highest BCUT2D eigenvalue weighted by Gasteiger charge is 2.49. The topological polar surface area (TPSA) is 124 Å². The molecule has 110 valence electrons. The third kappa shape index (κ3) is 2.26. The van der Waals surface area contributed by atoms with Gasteiger partial charge in [0.2, 0.25) is 0 Å². The SMILES string of the molecule is O=C1NC(=O)C2(CCCN(C(=O)c3ccc(=O)[nH]n3)C2)N1. The van der Waals surface area contributed by atoms with Crippen molar-refractivity contribution >= 4 is 17.8 Å². The summed E-state index contributed by atoms with van der Waals surface area (Å²) in [4.78, 5) is 48.0. The fraction of sp³-hybridized carbons (Fsp3) is 0.417. The van der Waals surface area contributed by atoms with E-state index in [0.29, 0.717) is 19.4 Å². The van der Waals surface area contributed by atoms with Crippen LogP contribution in [0.25, 0.3) is 0 Å². The molecular weight excluding hydrogens is 278 g/mol. The molecule has 0 aliphatic carbocycles. The third-order valence-electron chi connectivity index (χ3n) is 3.69. The lowest BCUT2D eigenvalue weighted by atomic mass is 9.89. The monoisotopic (exact) mass is 291 g/mol. The molecule has 0 aromatic carbocycles. The molecule has 1 atom stereocenters. The number of H-pyrrole nitrogens is 1. The summed E-state index contributed by atoms with van der Waals surface area (Å²) in [5, 5.41) is 10.7. The molecule has 1 aromatic rings. The highest BCUT2D eigenvalue weighted by atomic mass is 16.2. The maximum atomic E-state index is 12.3. The zero-order valence-corrected chi connectivity index (χ0v) is 11.0. The van der Waals surface area contributed by atoms with E-state index in [1.807, 2.05) is 0 Å². The molecule has 1 spiro atoms. The van der Waals surface area contributed by atoms with Crippen molar-refractivity contribution in [2.75, 3.05) is 13.1 Å². The Hall–Kier alpha value is -2.71. The lowest BCUT2D eigenvalue weighted by molar-refractivity contribution is -0.125. The Morgan fingerprint density at radius 1 is 1.29 bits per heavy atom. The maximum absolute atomic E-state index is 12.3. The van der Waals surface area contributed by atoms with Crippen molar-refractivity contribution in [2.24, 2.45) is 0 Å². The van der Waals surface area contributed by atoms with Crippen molar-refractivity contribution in [1.82, 2.24) is 25.7 Å².